The molecule has 1 unspecified atom stereocenters. The van der Waals surface area contributed by atoms with Crippen LogP contribution < -0.4 is 10.6 Å². The molecule has 0 aromatic heterocycles. The Morgan fingerprint density at radius 1 is 1.35 bits per heavy atom. The number of aliphatic carboxylic acids is 1. The molecule has 0 aliphatic carbocycles. The molecule has 1 atom stereocenters. The maximum Gasteiger partial charge on any atom is 0.334 e. The summed E-state index contributed by atoms with van der Waals surface area (Å²) in [6.07, 6.45) is -1.16. The van der Waals surface area contributed by atoms with Gasteiger partial charge in [-0.2, -0.15) is 0 Å². The predicted molar refractivity (Wildman–Crippen MR) is 65.0 cm³/mol. The number of carbonyl (C=O) groups is 2. The number of hydrogen-bond acceptors (Lipinski definition) is 3. The van der Waals surface area contributed by atoms with E-state index in [4.69, 9.17) is 5.11 Å². The molecule has 3 N–H and O–H groups in total. The van der Waals surface area contributed by atoms with Gasteiger partial charge in [-0.3, -0.25) is 0 Å². The Morgan fingerprint density at radius 3 is 2.60 bits per heavy atom. The van der Waals surface area contributed by atoms with Crippen LogP contribution in [0.5, 0.6) is 0 Å². The van der Waals surface area contributed by atoms with Crippen molar-refractivity contribution in [2.45, 2.75) is 12.6 Å². The van der Waals surface area contributed by atoms with Gasteiger partial charge in [-0.1, -0.05) is 6.07 Å². The van der Waals surface area contributed by atoms with Crippen LogP contribution in [0.1, 0.15) is 5.56 Å². The molecule has 1 aromatic carbocycles. The topological polar surface area (TPSA) is 87.7 Å². The summed E-state index contributed by atoms with van der Waals surface area (Å²) in [7, 11) is 1.20. The number of hydrogen-bond donors (Lipinski definition) is 3. The lowest BCUT2D eigenvalue weighted by Crippen LogP contribution is -2.42. The van der Waals surface area contributed by atoms with Gasteiger partial charge in [0.05, 0.1) is 6.54 Å². The molecular formula is C12H14F2N2O4. The first-order valence-electron chi connectivity index (χ1n) is 5.65. The van der Waals surface area contributed by atoms with E-state index in [1.807, 2.05) is 0 Å². The molecule has 8 heteroatoms. The summed E-state index contributed by atoms with van der Waals surface area (Å²) in [6.45, 7) is -0.383. The number of carboxylic acids is 1. The average Bonchev–Trinajstić information content (AvgIpc) is 2.38. The second-order valence-electron chi connectivity index (χ2n) is 3.86. The van der Waals surface area contributed by atoms with E-state index in [-0.39, 0.29) is 18.7 Å². The van der Waals surface area contributed by atoms with E-state index in [9.17, 15) is 18.4 Å². The second kappa shape index (κ2) is 7.39. The van der Waals surface area contributed by atoms with Crippen molar-refractivity contribution in [3.63, 3.8) is 0 Å². The third kappa shape index (κ3) is 4.81. The zero-order valence-corrected chi connectivity index (χ0v) is 10.7. The summed E-state index contributed by atoms with van der Waals surface area (Å²) in [4.78, 5) is 22.0. The number of rotatable bonds is 6. The van der Waals surface area contributed by atoms with Crippen LogP contribution in [0.4, 0.5) is 13.6 Å². The highest BCUT2D eigenvalue weighted by Gasteiger charge is 2.17. The van der Waals surface area contributed by atoms with Crippen LogP contribution in [0.2, 0.25) is 0 Å². The van der Waals surface area contributed by atoms with Gasteiger partial charge < -0.3 is 20.5 Å². The van der Waals surface area contributed by atoms with Crippen LogP contribution in [0.25, 0.3) is 0 Å². The van der Waals surface area contributed by atoms with Crippen molar-refractivity contribution in [3.05, 3.63) is 35.4 Å². The molecule has 0 fully saturated rings. The molecule has 2 amide bonds. The van der Waals surface area contributed by atoms with E-state index in [0.29, 0.717) is 6.07 Å². The molecule has 110 valence electrons. The number of carboxylic acid groups (broad SMARTS) is 1. The molecule has 0 saturated heterocycles. The number of benzene rings is 1. The fourth-order valence-electron chi connectivity index (χ4n) is 1.36. The van der Waals surface area contributed by atoms with Crippen LogP contribution >= 0.6 is 0 Å². The first-order chi connectivity index (χ1) is 9.43. The monoisotopic (exact) mass is 288 g/mol. The fourth-order valence-corrected chi connectivity index (χ4v) is 1.36. The third-order valence-corrected chi connectivity index (χ3v) is 2.46. The lowest BCUT2D eigenvalue weighted by Gasteiger charge is -2.12. The van der Waals surface area contributed by atoms with E-state index < -0.39 is 29.7 Å². The molecule has 20 heavy (non-hydrogen) atoms. The molecule has 6 nitrogen and oxygen atoms in total. The Hall–Kier alpha value is -2.22. The van der Waals surface area contributed by atoms with Crippen molar-refractivity contribution in [2.24, 2.45) is 0 Å². The minimum absolute atomic E-state index is 0.114. The second-order valence-corrected chi connectivity index (χ2v) is 3.86. The quantitative estimate of drug-likeness (QED) is 0.724. The highest BCUT2D eigenvalue weighted by atomic mass is 19.1. The molecule has 1 rings (SSSR count). The van der Waals surface area contributed by atoms with Gasteiger partial charge in [-0.05, 0) is 6.07 Å². The molecule has 0 aliphatic rings. The Labute approximate surface area is 113 Å². The summed E-state index contributed by atoms with van der Waals surface area (Å²) in [5.41, 5.74) is 0.114. The van der Waals surface area contributed by atoms with E-state index in [2.05, 4.69) is 15.4 Å². The van der Waals surface area contributed by atoms with Gasteiger partial charge in [0.2, 0.25) is 0 Å². The highest BCUT2D eigenvalue weighted by molar-refractivity contribution is 5.76. The number of urea groups is 1. The van der Waals surface area contributed by atoms with Crippen molar-refractivity contribution in [1.82, 2.24) is 10.6 Å². The summed E-state index contributed by atoms with van der Waals surface area (Å²) < 4.78 is 30.5. The Kier molecular flexibility index (Phi) is 5.85. The third-order valence-electron chi connectivity index (χ3n) is 2.46. The van der Waals surface area contributed by atoms with Gasteiger partial charge in [-0.15, -0.1) is 0 Å². The minimum atomic E-state index is -1.21. The molecule has 0 bridgehead atoms. The standard InChI is InChI=1S/C12H14F2N2O4/c1-20-10(11(17)18)6-16-12(19)15-5-7-2-3-8(13)4-9(7)14/h2-4,10H,5-6H2,1H3,(H,17,18)(H2,15,16,19). The molecule has 0 aliphatic heterocycles. The summed E-state index contributed by atoms with van der Waals surface area (Å²) in [5, 5.41) is 13.3. The zero-order chi connectivity index (χ0) is 15.1. The number of carbonyl (C=O) groups excluding carboxylic acids is 1. The molecule has 1 aromatic rings. The van der Waals surface area contributed by atoms with Gasteiger partial charge >= 0.3 is 12.0 Å². The number of amides is 2. The van der Waals surface area contributed by atoms with Gasteiger partial charge in [0.1, 0.15) is 11.6 Å². The van der Waals surface area contributed by atoms with E-state index in [1.54, 1.807) is 0 Å². The maximum absolute atomic E-state index is 13.3. The van der Waals surface area contributed by atoms with Crippen LogP contribution in [0.3, 0.4) is 0 Å². The summed E-state index contributed by atoms with van der Waals surface area (Å²) in [5.74, 6) is -2.69. The Balaban J connectivity index is 2.41. The van der Waals surface area contributed by atoms with Gasteiger partial charge in [-0.25, -0.2) is 18.4 Å². The lowest BCUT2D eigenvalue weighted by molar-refractivity contribution is -0.147. The molecule has 0 spiro atoms. The Bertz CT molecular complexity index is 496. The summed E-state index contributed by atoms with van der Waals surface area (Å²) >= 11 is 0. The smallest absolute Gasteiger partial charge is 0.334 e. The van der Waals surface area contributed by atoms with Crippen molar-refractivity contribution in [2.75, 3.05) is 13.7 Å². The van der Waals surface area contributed by atoms with Crippen LogP contribution in [0.15, 0.2) is 18.2 Å². The van der Waals surface area contributed by atoms with E-state index in [1.165, 1.54) is 13.2 Å². The maximum atomic E-state index is 13.3. The summed E-state index contributed by atoms with van der Waals surface area (Å²) in [6, 6.07) is 2.31. The van der Waals surface area contributed by atoms with E-state index >= 15 is 0 Å². The van der Waals surface area contributed by atoms with Crippen LogP contribution in [0, 0.1) is 11.6 Å². The van der Waals surface area contributed by atoms with Gasteiger partial charge in [0.25, 0.3) is 0 Å². The zero-order valence-electron chi connectivity index (χ0n) is 10.7. The fraction of sp³-hybridized carbons (Fsp3) is 0.333. The number of ether oxygens (including phenoxy) is 1. The number of nitrogens with one attached hydrogen (secondary N) is 2. The number of halogens is 2. The van der Waals surface area contributed by atoms with Crippen LogP contribution in [-0.2, 0) is 16.1 Å². The predicted octanol–water partition coefficient (Wildman–Crippen LogP) is 0.864. The van der Waals surface area contributed by atoms with E-state index in [0.717, 1.165) is 6.07 Å². The SMILES string of the molecule is COC(CNC(=O)NCc1ccc(F)cc1F)C(=O)O. The lowest BCUT2D eigenvalue weighted by atomic mass is 10.2. The normalized spacial score (nSPS) is 11.8. The van der Waals surface area contributed by atoms with Crippen LogP contribution in [-0.4, -0.2) is 36.9 Å². The first kappa shape index (κ1) is 15.8. The molecular weight excluding hydrogens is 274 g/mol. The van der Waals surface area contributed by atoms with Crippen molar-refractivity contribution in [3.8, 4) is 0 Å². The highest BCUT2D eigenvalue weighted by Crippen LogP contribution is 2.08. The van der Waals surface area contributed by atoms with Crippen molar-refractivity contribution >= 4 is 12.0 Å². The Morgan fingerprint density at radius 2 is 2.05 bits per heavy atom. The molecule has 0 radical (unpaired) electrons. The van der Waals surface area contributed by atoms with Crippen molar-refractivity contribution in [1.29, 1.82) is 0 Å². The molecule has 0 heterocycles. The number of methoxy groups -OCH3 is 1. The molecule has 0 saturated carbocycles. The minimum Gasteiger partial charge on any atom is -0.479 e. The van der Waals surface area contributed by atoms with Crippen molar-refractivity contribution < 1.29 is 28.2 Å². The largest absolute Gasteiger partial charge is 0.479 e. The van der Waals surface area contributed by atoms with Gasteiger partial charge in [0.15, 0.2) is 6.10 Å². The first-order valence-corrected chi connectivity index (χ1v) is 5.65. The average molecular weight is 288 g/mol. The van der Waals surface area contributed by atoms with Gasteiger partial charge in [0, 0.05) is 25.3 Å².